The maximum Gasteiger partial charge on any atom is 0.377 e. The minimum atomic E-state index is -0.816. The third-order valence-electron chi connectivity index (χ3n) is 4.48. The highest BCUT2D eigenvalue weighted by Gasteiger charge is 2.22. The summed E-state index contributed by atoms with van der Waals surface area (Å²) < 4.78 is 15.7. The summed E-state index contributed by atoms with van der Waals surface area (Å²) in [5.74, 6) is -0.585. The van der Waals surface area contributed by atoms with E-state index in [1.165, 1.54) is 25.2 Å². The Kier molecular flexibility index (Phi) is 4.74. The Balaban J connectivity index is 1.75. The molecule has 0 aliphatic heterocycles. The molecular formula is C21H16FN5O2. The smallest absolute Gasteiger partial charge is 0.292 e. The van der Waals surface area contributed by atoms with Gasteiger partial charge in [-0.2, -0.15) is 4.68 Å². The maximum absolute atomic E-state index is 14.0. The third kappa shape index (κ3) is 3.31. The molecule has 0 saturated heterocycles. The zero-order valence-electron chi connectivity index (χ0n) is 15.4. The van der Waals surface area contributed by atoms with Crippen LogP contribution in [-0.4, -0.2) is 32.9 Å². The van der Waals surface area contributed by atoms with Gasteiger partial charge in [-0.25, -0.2) is 14.0 Å². The summed E-state index contributed by atoms with van der Waals surface area (Å²) >= 11 is 0. The molecule has 0 saturated carbocycles. The number of amides is 1. The number of rotatable bonds is 3. The molecule has 0 spiro atoms. The zero-order chi connectivity index (χ0) is 20.4. The minimum absolute atomic E-state index is 0.0311. The molecule has 0 N–H and O–H groups in total. The molecule has 1 heterocycles. The highest BCUT2D eigenvalue weighted by Crippen LogP contribution is 2.25. The number of carbonyl (C=O) groups is 1. The second-order valence-corrected chi connectivity index (χ2v) is 6.26. The number of hydrogen-bond acceptors (Lipinski definition) is 4. The lowest BCUT2D eigenvalue weighted by Crippen LogP contribution is -2.39. The van der Waals surface area contributed by atoms with Gasteiger partial charge in [0.05, 0.1) is 11.4 Å². The van der Waals surface area contributed by atoms with Crippen LogP contribution in [0.3, 0.4) is 0 Å². The first-order valence-electron chi connectivity index (χ1n) is 8.80. The van der Waals surface area contributed by atoms with E-state index in [-0.39, 0.29) is 5.69 Å². The fraction of sp³-hybridized carbons (Fsp3) is 0.0476. The van der Waals surface area contributed by atoms with Crippen LogP contribution in [0.1, 0.15) is 0 Å². The average molecular weight is 389 g/mol. The molecule has 0 aliphatic carbocycles. The molecule has 1 aromatic heterocycles. The Hall–Kier alpha value is -4.07. The first-order valence-corrected chi connectivity index (χ1v) is 8.80. The van der Waals surface area contributed by atoms with E-state index in [0.29, 0.717) is 10.4 Å². The molecule has 0 unspecified atom stereocenters. The molecule has 4 aromatic rings. The van der Waals surface area contributed by atoms with Crippen molar-refractivity contribution in [3.63, 3.8) is 0 Å². The number of para-hydroxylation sites is 2. The number of aromatic nitrogens is 4. The molecule has 144 valence electrons. The summed E-state index contributed by atoms with van der Waals surface area (Å²) in [4.78, 5) is 26.6. The zero-order valence-corrected chi connectivity index (χ0v) is 15.4. The van der Waals surface area contributed by atoms with Gasteiger partial charge in [0.15, 0.2) is 0 Å². The van der Waals surface area contributed by atoms with Crippen molar-refractivity contribution in [2.75, 3.05) is 11.9 Å². The first-order chi connectivity index (χ1) is 14.1. The Bertz CT molecular complexity index is 1230. The second kappa shape index (κ2) is 7.51. The Morgan fingerprint density at radius 3 is 2.31 bits per heavy atom. The van der Waals surface area contributed by atoms with E-state index in [9.17, 15) is 14.0 Å². The van der Waals surface area contributed by atoms with Gasteiger partial charge >= 0.3 is 11.7 Å². The molecule has 29 heavy (non-hydrogen) atoms. The van der Waals surface area contributed by atoms with E-state index >= 15 is 0 Å². The van der Waals surface area contributed by atoms with Gasteiger partial charge in [0, 0.05) is 12.6 Å². The van der Waals surface area contributed by atoms with Crippen LogP contribution in [-0.2, 0) is 0 Å². The van der Waals surface area contributed by atoms with Gasteiger partial charge in [0.1, 0.15) is 5.82 Å². The molecule has 0 bridgehead atoms. The van der Waals surface area contributed by atoms with Gasteiger partial charge in [-0.15, -0.1) is 4.68 Å². The number of halogens is 1. The lowest BCUT2D eigenvalue weighted by Gasteiger charge is -2.16. The van der Waals surface area contributed by atoms with E-state index < -0.39 is 17.5 Å². The number of benzene rings is 3. The fourth-order valence-electron chi connectivity index (χ4n) is 3.01. The number of hydrogen-bond donors (Lipinski definition) is 0. The highest BCUT2D eigenvalue weighted by atomic mass is 19.1. The average Bonchev–Trinajstić information content (AvgIpc) is 3.15. The Morgan fingerprint density at radius 2 is 1.55 bits per heavy atom. The monoisotopic (exact) mass is 389 g/mol. The van der Waals surface area contributed by atoms with E-state index in [2.05, 4.69) is 10.4 Å². The largest absolute Gasteiger partial charge is 0.377 e. The van der Waals surface area contributed by atoms with Crippen LogP contribution in [0.2, 0.25) is 0 Å². The van der Waals surface area contributed by atoms with Crippen LogP contribution in [0.4, 0.5) is 14.9 Å². The number of carbonyl (C=O) groups excluding carboxylic acids is 1. The van der Waals surface area contributed by atoms with Gasteiger partial charge in [0.2, 0.25) is 0 Å². The number of anilines is 1. The predicted molar refractivity (Wildman–Crippen MR) is 107 cm³/mol. The fourth-order valence-corrected chi connectivity index (χ4v) is 3.01. The summed E-state index contributed by atoms with van der Waals surface area (Å²) in [6, 6.07) is 21.6. The van der Waals surface area contributed by atoms with Gasteiger partial charge in [-0.1, -0.05) is 60.7 Å². The molecule has 0 atom stereocenters. The Morgan fingerprint density at radius 1 is 0.897 bits per heavy atom. The summed E-state index contributed by atoms with van der Waals surface area (Å²) in [6.45, 7) is 0. The van der Waals surface area contributed by atoms with Crippen molar-refractivity contribution >= 4 is 11.7 Å². The molecule has 7 nitrogen and oxygen atoms in total. The Labute approximate surface area is 165 Å². The van der Waals surface area contributed by atoms with Crippen molar-refractivity contribution in [2.24, 2.45) is 0 Å². The van der Waals surface area contributed by atoms with Gasteiger partial charge < -0.3 is 0 Å². The topological polar surface area (TPSA) is 73.0 Å². The van der Waals surface area contributed by atoms with Crippen LogP contribution in [0, 0.1) is 5.82 Å². The lowest BCUT2D eigenvalue weighted by molar-refractivity contribution is 0.244. The van der Waals surface area contributed by atoms with Crippen LogP contribution in [0.5, 0.6) is 0 Å². The van der Waals surface area contributed by atoms with E-state index in [4.69, 9.17) is 0 Å². The molecule has 0 aliphatic rings. The van der Waals surface area contributed by atoms with Crippen LogP contribution in [0.15, 0.2) is 83.7 Å². The van der Waals surface area contributed by atoms with Crippen LogP contribution >= 0.6 is 0 Å². The standard InChI is InChI=1S/C21H16FN5O2/c1-25(19-14-8-6-12-17(19)22)20(28)27-21(29)26(23-24-27)18-13-7-5-11-16(18)15-9-3-2-4-10-15/h2-14H,1H3. The number of tetrazole rings is 1. The molecule has 4 rings (SSSR count). The predicted octanol–water partition coefficient (Wildman–Crippen LogP) is 3.34. The van der Waals surface area contributed by atoms with Crippen LogP contribution in [0.25, 0.3) is 16.8 Å². The van der Waals surface area contributed by atoms with Crippen molar-refractivity contribution in [1.82, 2.24) is 19.8 Å². The van der Waals surface area contributed by atoms with Crippen molar-refractivity contribution < 1.29 is 9.18 Å². The minimum Gasteiger partial charge on any atom is -0.292 e. The summed E-state index contributed by atoms with van der Waals surface area (Å²) in [5, 5.41) is 7.57. The molecule has 8 heteroatoms. The highest BCUT2D eigenvalue weighted by molar-refractivity contribution is 5.92. The van der Waals surface area contributed by atoms with Gasteiger partial charge in [-0.05, 0) is 34.2 Å². The molecule has 1 amide bonds. The van der Waals surface area contributed by atoms with Gasteiger partial charge in [0.25, 0.3) is 0 Å². The summed E-state index contributed by atoms with van der Waals surface area (Å²) in [7, 11) is 1.37. The van der Waals surface area contributed by atoms with Crippen LogP contribution < -0.4 is 10.6 Å². The third-order valence-corrected chi connectivity index (χ3v) is 4.48. The van der Waals surface area contributed by atoms with Crippen molar-refractivity contribution in [3.8, 4) is 16.8 Å². The summed E-state index contributed by atoms with van der Waals surface area (Å²) in [5.41, 5.74) is 1.41. The summed E-state index contributed by atoms with van der Waals surface area (Å²) in [6.07, 6.45) is 0. The SMILES string of the molecule is CN(C(=O)n1nnn(-c2ccccc2-c2ccccc2)c1=O)c1ccccc1F. The quantitative estimate of drug-likeness (QED) is 0.504. The van der Waals surface area contributed by atoms with E-state index in [1.807, 2.05) is 42.5 Å². The molecule has 0 fully saturated rings. The van der Waals surface area contributed by atoms with Gasteiger partial charge in [-0.3, -0.25) is 4.90 Å². The maximum atomic E-state index is 14.0. The van der Waals surface area contributed by atoms with Crippen molar-refractivity contribution in [2.45, 2.75) is 0 Å². The molecular weight excluding hydrogens is 373 g/mol. The van der Waals surface area contributed by atoms with Crippen molar-refractivity contribution in [3.05, 3.63) is 95.2 Å². The van der Waals surface area contributed by atoms with Crippen molar-refractivity contribution in [1.29, 1.82) is 0 Å². The molecule has 3 aromatic carbocycles. The lowest BCUT2D eigenvalue weighted by atomic mass is 10.0. The second-order valence-electron chi connectivity index (χ2n) is 6.26. The van der Waals surface area contributed by atoms with E-state index in [1.54, 1.807) is 18.2 Å². The normalized spacial score (nSPS) is 10.7. The number of nitrogens with zero attached hydrogens (tertiary/aromatic N) is 5. The first kappa shape index (κ1) is 18.3. The van der Waals surface area contributed by atoms with E-state index in [0.717, 1.165) is 20.7 Å². The molecule has 0 radical (unpaired) electrons.